The monoisotopic (exact) mass is 219 g/mol. The number of hydrogen-bond acceptors (Lipinski definition) is 4. The van der Waals surface area contributed by atoms with Crippen LogP contribution in [-0.4, -0.2) is 23.2 Å². The van der Waals surface area contributed by atoms with E-state index in [1.165, 1.54) is 0 Å². The Kier molecular flexibility index (Phi) is 5.30. The third kappa shape index (κ3) is 3.87. The molecule has 0 unspecified atom stereocenters. The average molecular weight is 219 g/mol. The standard InChI is InChI=1S/C12H17N3O/c1-10-5-6-11(9-13)12(15-10)14-7-3-2-4-8-16/h5-6,16H,2-4,7-8H2,1H3,(H,14,15). The van der Waals surface area contributed by atoms with Crippen molar-refractivity contribution in [1.29, 1.82) is 5.26 Å². The van der Waals surface area contributed by atoms with Crippen molar-refractivity contribution >= 4 is 5.82 Å². The number of nitrogens with zero attached hydrogens (tertiary/aromatic N) is 2. The number of pyridine rings is 1. The van der Waals surface area contributed by atoms with E-state index in [0.29, 0.717) is 11.4 Å². The molecule has 1 rings (SSSR count). The minimum Gasteiger partial charge on any atom is -0.396 e. The van der Waals surface area contributed by atoms with Gasteiger partial charge in [0, 0.05) is 18.8 Å². The van der Waals surface area contributed by atoms with Crippen molar-refractivity contribution in [3.05, 3.63) is 23.4 Å². The van der Waals surface area contributed by atoms with Gasteiger partial charge in [-0.25, -0.2) is 4.98 Å². The summed E-state index contributed by atoms with van der Waals surface area (Å²) in [6.45, 7) is 2.93. The Morgan fingerprint density at radius 2 is 2.19 bits per heavy atom. The van der Waals surface area contributed by atoms with E-state index in [1.54, 1.807) is 6.07 Å². The average Bonchev–Trinajstić information content (AvgIpc) is 2.29. The van der Waals surface area contributed by atoms with Gasteiger partial charge in [0.25, 0.3) is 0 Å². The number of aryl methyl sites for hydroxylation is 1. The highest BCUT2D eigenvalue weighted by atomic mass is 16.2. The second kappa shape index (κ2) is 6.81. The fraction of sp³-hybridized carbons (Fsp3) is 0.500. The molecular weight excluding hydrogens is 202 g/mol. The molecule has 4 nitrogen and oxygen atoms in total. The van der Waals surface area contributed by atoms with Crippen LogP contribution >= 0.6 is 0 Å². The van der Waals surface area contributed by atoms with Gasteiger partial charge in [0.2, 0.25) is 0 Å². The summed E-state index contributed by atoms with van der Waals surface area (Å²) in [6, 6.07) is 5.71. The Bertz CT molecular complexity index is 371. The molecule has 0 aliphatic heterocycles. The molecule has 16 heavy (non-hydrogen) atoms. The summed E-state index contributed by atoms with van der Waals surface area (Å²) in [6.07, 6.45) is 2.78. The van der Waals surface area contributed by atoms with Crippen LogP contribution in [0.15, 0.2) is 12.1 Å². The van der Waals surface area contributed by atoms with Gasteiger partial charge in [0.05, 0.1) is 5.56 Å². The molecule has 0 aliphatic carbocycles. The minimum absolute atomic E-state index is 0.242. The number of nitrogens with one attached hydrogen (secondary N) is 1. The van der Waals surface area contributed by atoms with Crippen molar-refractivity contribution in [2.75, 3.05) is 18.5 Å². The van der Waals surface area contributed by atoms with Crippen molar-refractivity contribution in [3.8, 4) is 6.07 Å². The lowest BCUT2D eigenvalue weighted by molar-refractivity contribution is 0.283. The van der Waals surface area contributed by atoms with Crippen LogP contribution in [0.25, 0.3) is 0 Å². The fourth-order valence-electron chi connectivity index (χ4n) is 1.40. The summed E-state index contributed by atoms with van der Waals surface area (Å²) >= 11 is 0. The van der Waals surface area contributed by atoms with E-state index in [-0.39, 0.29) is 6.61 Å². The second-order valence-electron chi connectivity index (χ2n) is 3.67. The van der Waals surface area contributed by atoms with Crippen molar-refractivity contribution in [2.45, 2.75) is 26.2 Å². The van der Waals surface area contributed by atoms with Crippen LogP contribution in [0.4, 0.5) is 5.82 Å². The van der Waals surface area contributed by atoms with E-state index in [1.807, 2.05) is 13.0 Å². The molecule has 86 valence electrons. The molecule has 0 saturated heterocycles. The van der Waals surface area contributed by atoms with Crippen LogP contribution in [0.3, 0.4) is 0 Å². The summed E-state index contributed by atoms with van der Waals surface area (Å²) in [5, 5.41) is 20.7. The van der Waals surface area contributed by atoms with E-state index in [0.717, 1.165) is 31.5 Å². The van der Waals surface area contributed by atoms with Gasteiger partial charge in [-0.05, 0) is 38.3 Å². The molecule has 0 amide bonds. The molecule has 0 aromatic carbocycles. The molecule has 2 N–H and O–H groups in total. The van der Waals surface area contributed by atoms with Crippen molar-refractivity contribution in [1.82, 2.24) is 4.98 Å². The molecule has 0 aliphatic rings. The van der Waals surface area contributed by atoms with E-state index >= 15 is 0 Å². The predicted octanol–water partition coefficient (Wildman–Crippen LogP) is 1.84. The predicted molar refractivity (Wildman–Crippen MR) is 63.1 cm³/mol. The highest BCUT2D eigenvalue weighted by molar-refractivity contribution is 5.52. The first-order chi connectivity index (χ1) is 7.77. The maximum Gasteiger partial charge on any atom is 0.144 e. The number of aromatic nitrogens is 1. The lowest BCUT2D eigenvalue weighted by Crippen LogP contribution is -2.06. The number of nitriles is 1. The van der Waals surface area contributed by atoms with Gasteiger partial charge >= 0.3 is 0 Å². The molecule has 0 radical (unpaired) electrons. The first-order valence-electron chi connectivity index (χ1n) is 5.50. The van der Waals surface area contributed by atoms with Crippen LogP contribution in [0.5, 0.6) is 0 Å². The largest absolute Gasteiger partial charge is 0.396 e. The Morgan fingerprint density at radius 1 is 1.38 bits per heavy atom. The zero-order valence-electron chi connectivity index (χ0n) is 9.53. The smallest absolute Gasteiger partial charge is 0.144 e. The molecule has 0 atom stereocenters. The summed E-state index contributed by atoms with van der Waals surface area (Å²) in [5.41, 5.74) is 1.48. The van der Waals surface area contributed by atoms with Crippen molar-refractivity contribution < 1.29 is 5.11 Å². The third-order valence-corrected chi connectivity index (χ3v) is 2.28. The highest BCUT2D eigenvalue weighted by Gasteiger charge is 2.02. The number of aliphatic hydroxyl groups excluding tert-OH is 1. The fourth-order valence-corrected chi connectivity index (χ4v) is 1.40. The molecule has 1 aromatic heterocycles. The normalized spacial score (nSPS) is 9.81. The zero-order valence-corrected chi connectivity index (χ0v) is 9.53. The van der Waals surface area contributed by atoms with Crippen LogP contribution in [0.1, 0.15) is 30.5 Å². The topological polar surface area (TPSA) is 68.9 Å². The Hall–Kier alpha value is -1.60. The van der Waals surface area contributed by atoms with Gasteiger partial charge in [-0.2, -0.15) is 5.26 Å². The van der Waals surface area contributed by atoms with Gasteiger partial charge in [0.15, 0.2) is 0 Å². The van der Waals surface area contributed by atoms with E-state index in [9.17, 15) is 0 Å². The number of aliphatic hydroxyl groups is 1. The van der Waals surface area contributed by atoms with Gasteiger partial charge in [-0.15, -0.1) is 0 Å². The Morgan fingerprint density at radius 3 is 2.88 bits per heavy atom. The van der Waals surface area contributed by atoms with Crippen molar-refractivity contribution in [2.24, 2.45) is 0 Å². The molecule has 4 heteroatoms. The SMILES string of the molecule is Cc1ccc(C#N)c(NCCCCCO)n1. The van der Waals surface area contributed by atoms with Gasteiger partial charge < -0.3 is 10.4 Å². The Balaban J connectivity index is 2.46. The minimum atomic E-state index is 0.242. The number of unbranched alkanes of at least 4 members (excludes halogenated alkanes) is 2. The molecule has 1 aromatic rings. The van der Waals surface area contributed by atoms with Crippen LogP contribution < -0.4 is 5.32 Å². The summed E-state index contributed by atoms with van der Waals surface area (Å²) < 4.78 is 0. The molecule has 0 spiro atoms. The maximum absolute atomic E-state index is 8.89. The Labute approximate surface area is 95.9 Å². The molecule has 0 bridgehead atoms. The molecule has 0 saturated carbocycles. The number of anilines is 1. The number of hydrogen-bond donors (Lipinski definition) is 2. The zero-order chi connectivity index (χ0) is 11.8. The first-order valence-corrected chi connectivity index (χ1v) is 5.50. The summed E-state index contributed by atoms with van der Waals surface area (Å²) in [7, 11) is 0. The van der Waals surface area contributed by atoms with Gasteiger partial charge in [-0.3, -0.25) is 0 Å². The molecule has 0 fully saturated rings. The van der Waals surface area contributed by atoms with E-state index in [4.69, 9.17) is 10.4 Å². The van der Waals surface area contributed by atoms with E-state index < -0.39 is 0 Å². The summed E-state index contributed by atoms with van der Waals surface area (Å²) in [5.74, 6) is 0.659. The van der Waals surface area contributed by atoms with Crippen LogP contribution in [0, 0.1) is 18.3 Å². The third-order valence-electron chi connectivity index (χ3n) is 2.28. The molecular formula is C12H17N3O. The van der Waals surface area contributed by atoms with Crippen LogP contribution in [-0.2, 0) is 0 Å². The highest BCUT2D eigenvalue weighted by Crippen LogP contribution is 2.12. The van der Waals surface area contributed by atoms with Gasteiger partial charge in [0.1, 0.15) is 11.9 Å². The lowest BCUT2D eigenvalue weighted by Gasteiger charge is -2.07. The summed E-state index contributed by atoms with van der Waals surface area (Å²) in [4.78, 5) is 4.28. The first kappa shape index (κ1) is 12.5. The quantitative estimate of drug-likeness (QED) is 0.716. The van der Waals surface area contributed by atoms with Crippen LogP contribution in [0.2, 0.25) is 0 Å². The van der Waals surface area contributed by atoms with Gasteiger partial charge in [-0.1, -0.05) is 0 Å². The maximum atomic E-state index is 8.89. The van der Waals surface area contributed by atoms with E-state index in [2.05, 4.69) is 16.4 Å². The number of rotatable bonds is 6. The van der Waals surface area contributed by atoms with Crippen molar-refractivity contribution in [3.63, 3.8) is 0 Å². The lowest BCUT2D eigenvalue weighted by atomic mass is 10.2. The molecule has 1 heterocycles. The second-order valence-corrected chi connectivity index (χ2v) is 3.67.